The minimum atomic E-state index is -0.929. The standard InChI is InChI=1S/C52H76N4O6/c1-35(2)11-9-12-36(3)43-21-22-44-42-20-17-39-32-41(25-27-51(39,4)45(42)26-28-52(43,44)5)62-30-10-29-53-47(58)23-24-48(59)56-46(31-37-13-7-6-8-14-37)50(61)54-33-49(60)55-40-18-15-38(34-57)16-19-40/h6-8,13-19,35-36,41-46,57H,9-12,20-34H2,1-5H3,(H,53,58)(H,54,61)(H,55,60)(H,56,59). The van der Waals surface area contributed by atoms with E-state index in [4.69, 9.17) is 4.74 Å². The SMILES string of the molecule is CC(C)CCCC(C)C1CCC2C3CC=C4CC(OCCCNC(=O)CCC(=O)NC(Cc5ccccc5)C(=O)NCC(=O)Nc5ccc(CO)cc5)CCC4(C)C3CCC12C. The van der Waals surface area contributed by atoms with Crippen molar-refractivity contribution in [3.63, 3.8) is 0 Å². The highest BCUT2D eigenvalue weighted by Gasteiger charge is 2.59. The molecule has 4 amide bonds. The summed E-state index contributed by atoms with van der Waals surface area (Å²) in [6, 6.07) is 15.1. The lowest BCUT2D eigenvalue weighted by atomic mass is 9.47. The first-order valence-corrected chi connectivity index (χ1v) is 24.0. The Hall–Kier alpha value is -4.02. The third-order valence-corrected chi connectivity index (χ3v) is 15.6. The normalized spacial score (nSPS) is 27.5. The highest BCUT2D eigenvalue weighted by atomic mass is 16.5. The molecule has 0 heterocycles. The van der Waals surface area contributed by atoms with Gasteiger partial charge in [0.2, 0.25) is 23.6 Å². The van der Waals surface area contributed by atoms with Crippen molar-refractivity contribution < 1.29 is 29.0 Å². The number of fused-ring (bicyclic) bond motifs is 5. The minimum absolute atomic E-state index is 0.000639. The Labute approximate surface area is 371 Å². The van der Waals surface area contributed by atoms with Crippen molar-refractivity contribution in [2.24, 2.45) is 46.3 Å². The summed E-state index contributed by atoms with van der Waals surface area (Å²) in [5.74, 6) is 3.44. The zero-order valence-corrected chi connectivity index (χ0v) is 38.3. The van der Waals surface area contributed by atoms with Crippen LogP contribution in [0.3, 0.4) is 0 Å². The summed E-state index contributed by atoms with van der Waals surface area (Å²) in [4.78, 5) is 51.5. The van der Waals surface area contributed by atoms with E-state index in [0.29, 0.717) is 36.1 Å². The maximum absolute atomic E-state index is 13.2. The highest BCUT2D eigenvalue weighted by Crippen LogP contribution is 2.67. The van der Waals surface area contributed by atoms with Crippen LogP contribution in [-0.4, -0.2) is 60.6 Å². The number of carbonyl (C=O) groups excluding carboxylic acids is 4. The fourth-order valence-corrected chi connectivity index (χ4v) is 12.2. The Kier molecular flexibility index (Phi) is 16.9. The molecule has 5 N–H and O–H groups in total. The van der Waals surface area contributed by atoms with E-state index in [1.807, 2.05) is 30.3 Å². The van der Waals surface area contributed by atoms with Crippen LogP contribution in [0.5, 0.6) is 0 Å². The Bertz CT molecular complexity index is 1830. The van der Waals surface area contributed by atoms with Gasteiger partial charge in [0.1, 0.15) is 6.04 Å². The molecule has 0 saturated heterocycles. The number of amides is 4. The topological polar surface area (TPSA) is 146 Å². The number of ether oxygens (including phenoxy) is 1. The zero-order valence-electron chi connectivity index (χ0n) is 38.3. The van der Waals surface area contributed by atoms with Crippen LogP contribution in [0.4, 0.5) is 5.69 Å². The largest absolute Gasteiger partial charge is 0.392 e. The molecule has 3 fully saturated rings. The average molecular weight is 853 g/mol. The Morgan fingerprint density at radius 3 is 2.31 bits per heavy atom. The van der Waals surface area contributed by atoms with Crippen molar-refractivity contribution >= 4 is 29.3 Å². The molecular weight excluding hydrogens is 777 g/mol. The molecular formula is C52H76N4O6. The van der Waals surface area contributed by atoms with Gasteiger partial charge in [0, 0.05) is 38.1 Å². The van der Waals surface area contributed by atoms with Crippen molar-refractivity contribution in [3.8, 4) is 0 Å². The van der Waals surface area contributed by atoms with Crippen LogP contribution in [0.15, 0.2) is 66.2 Å². The first kappa shape index (κ1) is 47.5. The van der Waals surface area contributed by atoms with Gasteiger partial charge in [-0.05, 0) is 127 Å². The summed E-state index contributed by atoms with van der Waals surface area (Å²) < 4.78 is 6.43. The van der Waals surface area contributed by atoms with Crippen LogP contribution >= 0.6 is 0 Å². The van der Waals surface area contributed by atoms with Gasteiger partial charge in [-0.25, -0.2) is 0 Å². The molecule has 4 aliphatic carbocycles. The molecule has 10 nitrogen and oxygen atoms in total. The van der Waals surface area contributed by atoms with Gasteiger partial charge in [0.25, 0.3) is 0 Å². The number of anilines is 1. The quantitative estimate of drug-likeness (QED) is 0.0628. The molecule has 340 valence electrons. The van der Waals surface area contributed by atoms with E-state index in [-0.39, 0.29) is 44.4 Å². The fraction of sp³-hybridized carbons (Fsp3) is 0.654. The second-order valence-electron chi connectivity index (χ2n) is 20.2. The van der Waals surface area contributed by atoms with Gasteiger partial charge in [0.05, 0.1) is 19.3 Å². The van der Waals surface area contributed by atoms with Gasteiger partial charge in [-0.3, -0.25) is 19.2 Å². The van der Waals surface area contributed by atoms with Crippen LogP contribution in [0.1, 0.15) is 136 Å². The Morgan fingerprint density at radius 2 is 1.56 bits per heavy atom. The molecule has 0 radical (unpaired) electrons. The van der Waals surface area contributed by atoms with E-state index in [9.17, 15) is 24.3 Å². The van der Waals surface area contributed by atoms with Gasteiger partial charge >= 0.3 is 0 Å². The summed E-state index contributed by atoms with van der Waals surface area (Å²) in [5.41, 5.74) is 4.54. The molecule has 10 heteroatoms. The van der Waals surface area contributed by atoms with E-state index in [2.05, 4.69) is 62.0 Å². The molecule has 0 aliphatic heterocycles. The van der Waals surface area contributed by atoms with Crippen LogP contribution in [0, 0.1) is 46.3 Å². The van der Waals surface area contributed by atoms with Gasteiger partial charge in [0.15, 0.2) is 0 Å². The first-order valence-electron chi connectivity index (χ1n) is 24.0. The maximum atomic E-state index is 13.2. The summed E-state index contributed by atoms with van der Waals surface area (Å²) in [6.07, 6.45) is 18.0. The van der Waals surface area contributed by atoms with Crippen molar-refractivity contribution in [2.75, 3.05) is 25.0 Å². The van der Waals surface area contributed by atoms with Gasteiger partial charge in [-0.15, -0.1) is 0 Å². The Morgan fingerprint density at radius 1 is 0.806 bits per heavy atom. The van der Waals surface area contributed by atoms with E-state index in [0.717, 1.165) is 59.5 Å². The summed E-state index contributed by atoms with van der Waals surface area (Å²) in [6.45, 7) is 13.2. The second kappa shape index (κ2) is 22.1. The summed E-state index contributed by atoms with van der Waals surface area (Å²) in [7, 11) is 0. The number of carbonyl (C=O) groups is 4. The predicted molar refractivity (Wildman–Crippen MR) is 246 cm³/mol. The number of allylic oxidation sites excluding steroid dienone is 1. The smallest absolute Gasteiger partial charge is 0.243 e. The lowest BCUT2D eigenvalue weighted by Crippen LogP contribution is -2.51. The summed E-state index contributed by atoms with van der Waals surface area (Å²) >= 11 is 0. The van der Waals surface area contributed by atoms with Crippen molar-refractivity contribution in [1.82, 2.24) is 16.0 Å². The van der Waals surface area contributed by atoms with Crippen molar-refractivity contribution in [1.29, 1.82) is 0 Å². The number of aliphatic hydroxyl groups is 1. The van der Waals surface area contributed by atoms with Crippen LogP contribution in [0.2, 0.25) is 0 Å². The first-order chi connectivity index (χ1) is 29.8. The van der Waals surface area contributed by atoms with Crippen molar-refractivity contribution in [2.45, 2.75) is 150 Å². The molecule has 6 rings (SSSR count). The number of hydrogen-bond acceptors (Lipinski definition) is 6. The number of aliphatic hydroxyl groups excluding tert-OH is 1. The lowest BCUT2D eigenvalue weighted by Gasteiger charge is -2.58. The zero-order chi connectivity index (χ0) is 44.3. The molecule has 0 spiro atoms. The number of hydrogen-bond donors (Lipinski definition) is 5. The van der Waals surface area contributed by atoms with E-state index in [1.165, 1.54) is 57.8 Å². The minimum Gasteiger partial charge on any atom is -0.392 e. The molecule has 2 aromatic rings. The van der Waals surface area contributed by atoms with E-state index < -0.39 is 23.8 Å². The molecule has 3 saturated carbocycles. The predicted octanol–water partition coefficient (Wildman–Crippen LogP) is 8.67. The monoisotopic (exact) mass is 853 g/mol. The molecule has 2 aromatic carbocycles. The molecule has 0 aromatic heterocycles. The average Bonchev–Trinajstić information content (AvgIpc) is 3.62. The molecule has 0 bridgehead atoms. The highest BCUT2D eigenvalue weighted by molar-refractivity contribution is 5.96. The van der Waals surface area contributed by atoms with Crippen LogP contribution < -0.4 is 21.3 Å². The Balaban J connectivity index is 0.889. The maximum Gasteiger partial charge on any atom is 0.243 e. The van der Waals surface area contributed by atoms with Gasteiger partial charge in [-0.2, -0.15) is 0 Å². The van der Waals surface area contributed by atoms with E-state index in [1.54, 1.807) is 29.8 Å². The summed E-state index contributed by atoms with van der Waals surface area (Å²) in [5, 5.41) is 20.3. The molecule has 9 unspecified atom stereocenters. The molecule has 62 heavy (non-hydrogen) atoms. The van der Waals surface area contributed by atoms with E-state index >= 15 is 0 Å². The van der Waals surface area contributed by atoms with Crippen LogP contribution in [0.25, 0.3) is 0 Å². The van der Waals surface area contributed by atoms with Crippen LogP contribution in [-0.2, 0) is 36.9 Å². The second-order valence-corrected chi connectivity index (χ2v) is 20.2. The third-order valence-electron chi connectivity index (χ3n) is 15.6. The van der Waals surface area contributed by atoms with Crippen molar-refractivity contribution in [3.05, 3.63) is 77.4 Å². The molecule has 4 aliphatic rings. The fourth-order valence-electron chi connectivity index (χ4n) is 12.2. The third kappa shape index (κ3) is 12.2. The van der Waals surface area contributed by atoms with Gasteiger partial charge < -0.3 is 31.1 Å². The molecule has 9 atom stereocenters. The van der Waals surface area contributed by atoms with Gasteiger partial charge in [-0.1, -0.05) is 108 Å². The number of nitrogens with one attached hydrogen (secondary N) is 4. The number of benzene rings is 2. The number of rotatable bonds is 21. The lowest BCUT2D eigenvalue weighted by molar-refractivity contribution is -0.130.